The Hall–Kier alpha value is -2.58. The fraction of sp³-hybridized carbons (Fsp3) is 0.0952. The van der Waals surface area contributed by atoms with Crippen LogP contribution in [0.1, 0.15) is 27.6 Å². The highest BCUT2D eigenvalue weighted by atomic mass is 35.5. The molecule has 0 fully saturated rings. The summed E-state index contributed by atoms with van der Waals surface area (Å²) < 4.78 is 6.00. The molecule has 3 heteroatoms. The van der Waals surface area contributed by atoms with Gasteiger partial charge >= 0.3 is 0 Å². The number of benzene rings is 3. The first-order valence-corrected chi connectivity index (χ1v) is 8.09. The van der Waals surface area contributed by atoms with Crippen LogP contribution in [0.4, 0.5) is 0 Å². The van der Waals surface area contributed by atoms with Crippen molar-refractivity contribution >= 4 is 17.4 Å². The topological polar surface area (TPSA) is 26.3 Å². The molecule has 0 N–H and O–H groups in total. The number of hydrogen-bond acceptors (Lipinski definition) is 2. The molecule has 3 aromatic rings. The summed E-state index contributed by atoms with van der Waals surface area (Å²) in [4.78, 5) is 13.0. The highest BCUT2D eigenvalue weighted by Gasteiger charge is 2.24. The van der Waals surface area contributed by atoms with E-state index in [0.717, 1.165) is 11.1 Å². The third kappa shape index (κ3) is 3.84. The average molecular weight is 337 g/mol. The van der Waals surface area contributed by atoms with Gasteiger partial charge in [-0.05, 0) is 31.2 Å². The number of ketones is 1. The van der Waals surface area contributed by atoms with E-state index in [-0.39, 0.29) is 5.78 Å². The van der Waals surface area contributed by atoms with Gasteiger partial charge in [0.2, 0.25) is 5.78 Å². The van der Waals surface area contributed by atoms with Crippen molar-refractivity contribution in [3.8, 4) is 5.75 Å². The first-order valence-electron chi connectivity index (χ1n) is 7.71. The summed E-state index contributed by atoms with van der Waals surface area (Å²) in [6, 6.07) is 24.0. The molecule has 0 radical (unpaired) electrons. The normalized spacial score (nSPS) is 11.8. The Morgan fingerprint density at radius 3 is 2.12 bits per heavy atom. The lowest BCUT2D eigenvalue weighted by molar-refractivity contribution is 0.0792. The largest absolute Gasteiger partial charge is 0.478 e. The Kier molecular flexibility index (Phi) is 4.97. The van der Waals surface area contributed by atoms with Crippen LogP contribution < -0.4 is 4.74 Å². The predicted octanol–water partition coefficient (Wildman–Crippen LogP) is 5.65. The Bertz CT molecular complexity index is 809. The summed E-state index contributed by atoms with van der Waals surface area (Å²) in [6.45, 7) is 2.01. The maximum Gasteiger partial charge on any atom is 0.207 e. The molecule has 2 nitrogen and oxygen atoms in total. The summed E-state index contributed by atoms with van der Waals surface area (Å²) in [7, 11) is 0. The second-order valence-corrected chi connectivity index (χ2v) is 6.03. The second kappa shape index (κ2) is 7.33. The van der Waals surface area contributed by atoms with E-state index in [0.29, 0.717) is 16.3 Å². The van der Waals surface area contributed by atoms with Crippen LogP contribution in [0.15, 0.2) is 78.9 Å². The van der Waals surface area contributed by atoms with Crippen molar-refractivity contribution in [1.82, 2.24) is 0 Å². The molecule has 3 rings (SSSR count). The highest BCUT2D eigenvalue weighted by molar-refractivity contribution is 6.30. The maximum absolute atomic E-state index is 13.0. The number of hydrogen-bond donors (Lipinski definition) is 0. The van der Waals surface area contributed by atoms with Crippen LogP contribution in [0.3, 0.4) is 0 Å². The van der Waals surface area contributed by atoms with Crippen molar-refractivity contribution in [2.75, 3.05) is 0 Å². The Labute approximate surface area is 146 Å². The van der Waals surface area contributed by atoms with Crippen LogP contribution >= 0.6 is 11.6 Å². The third-order valence-electron chi connectivity index (χ3n) is 3.74. The molecule has 0 amide bonds. The lowest BCUT2D eigenvalue weighted by atomic mass is 9.99. The lowest BCUT2D eigenvalue weighted by Crippen LogP contribution is -2.19. The molecule has 120 valence electrons. The number of carbonyl (C=O) groups is 1. The van der Waals surface area contributed by atoms with Gasteiger partial charge in [0.1, 0.15) is 5.75 Å². The average Bonchev–Trinajstić information content (AvgIpc) is 2.62. The zero-order valence-corrected chi connectivity index (χ0v) is 14.0. The van der Waals surface area contributed by atoms with Crippen molar-refractivity contribution in [3.63, 3.8) is 0 Å². The van der Waals surface area contributed by atoms with Gasteiger partial charge in [0, 0.05) is 16.1 Å². The van der Waals surface area contributed by atoms with Crippen LogP contribution in [0.25, 0.3) is 0 Å². The van der Waals surface area contributed by atoms with Gasteiger partial charge in [-0.1, -0.05) is 71.8 Å². The first-order chi connectivity index (χ1) is 11.6. The van der Waals surface area contributed by atoms with Gasteiger partial charge in [0.25, 0.3) is 0 Å². The Morgan fingerprint density at radius 2 is 1.50 bits per heavy atom. The minimum atomic E-state index is -0.700. The monoisotopic (exact) mass is 336 g/mol. The SMILES string of the molecule is Cc1ccc(C(Oc2ccc(Cl)cc2)C(=O)c2ccccc2)cc1. The van der Waals surface area contributed by atoms with Crippen molar-refractivity contribution in [2.24, 2.45) is 0 Å². The maximum atomic E-state index is 13.0. The fourth-order valence-corrected chi connectivity index (χ4v) is 2.54. The Balaban J connectivity index is 1.95. The van der Waals surface area contributed by atoms with E-state index in [1.165, 1.54) is 0 Å². The summed E-state index contributed by atoms with van der Waals surface area (Å²) >= 11 is 5.92. The number of ether oxygens (including phenoxy) is 1. The Morgan fingerprint density at radius 1 is 0.875 bits per heavy atom. The molecule has 3 aromatic carbocycles. The molecule has 0 aliphatic rings. The number of aryl methyl sites for hydroxylation is 1. The van der Waals surface area contributed by atoms with Crippen molar-refractivity contribution in [3.05, 3.63) is 101 Å². The van der Waals surface area contributed by atoms with Crippen molar-refractivity contribution in [1.29, 1.82) is 0 Å². The van der Waals surface area contributed by atoms with E-state index in [1.54, 1.807) is 36.4 Å². The van der Waals surface area contributed by atoms with Gasteiger partial charge < -0.3 is 4.74 Å². The summed E-state index contributed by atoms with van der Waals surface area (Å²) in [5.74, 6) is 0.531. The van der Waals surface area contributed by atoms with Gasteiger partial charge in [0.15, 0.2) is 6.10 Å². The molecule has 24 heavy (non-hydrogen) atoms. The van der Waals surface area contributed by atoms with E-state index < -0.39 is 6.10 Å². The molecule has 0 heterocycles. The zero-order valence-electron chi connectivity index (χ0n) is 13.3. The van der Waals surface area contributed by atoms with Gasteiger partial charge in [-0.2, -0.15) is 0 Å². The van der Waals surface area contributed by atoms with Crippen molar-refractivity contribution < 1.29 is 9.53 Å². The summed E-state index contributed by atoms with van der Waals surface area (Å²) in [5.41, 5.74) is 2.58. The van der Waals surface area contributed by atoms with Gasteiger partial charge in [-0.3, -0.25) is 4.79 Å². The molecule has 0 aromatic heterocycles. The third-order valence-corrected chi connectivity index (χ3v) is 4.00. The smallest absolute Gasteiger partial charge is 0.207 e. The predicted molar refractivity (Wildman–Crippen MR) is 96.8 cm³/mol. The standard InChI is InChI=1S/C21H17ClO2/c1-15-7-9-17(10-8-15)21(20(23)16-5-3-2-4-6-16)24-19-13-11-18(22)12-14-19/h2-14,21H,1H3. The molecule has 1 atom stereocenters. The number of Topliss-reactive ketones (excluding diaryl/α,β-unsaturated/α-hetero) is 1. The summed E-state index contributed by atoms with van der Waals surface area (Å²) in [5, 5.41) is 0.628. The van der Waals surface area contributed by atoms with E-state index in [1.807, 2.05) is 49.4 Å². The van der Waals surface area contributed by atoms with Crippen LogP contribution in [-0.4, -0.2) is 5.78 Å². The zero-order chi connectivity index (χ0) is 16.9. The minimum absolute atomic E-state index is 0.0746. The quantitative estimate of drug-likeness (QED) is 0.563. The van der Waals surface area contributed by atoms with Gasteiger partial charge in [-0.15, -0.1) is 0 Å². The highest BCUT2D eigenvalue weighted by Crippen LogP contribution is 2.27. The lowest BCUT2D eigenvalue weighted by Gasteiger charge is -2.19. The number of carbonyl (C=O) groups excluding carboxylic acids is 1. The van der Waals surface area contributed by atoms with E-state index in [9.17, 15) is 4.79 Å². The summed E-state index contributed by atoms with van der Waals surface area (Å²) in [6.07, 6.45) is -0.700. The molecule has 0 bridgehead atoms. The number of rotatable bonds is 5. The second-order valence-electron chi connectivity index (χ2n) is 5.59. The molecule has 0 aliphatic carbocycles. The molecule has 0 aliphatic heterocycles. The minimum Gasteiger partial charge on any atom is -0.478 e. The fourth-order valence-electron chi connectivity index (χ4n) is 2.42. The van der Waals surface area contributed by atoms with Crippen LogP contribution in [-0.2, 0) is 0 Å². The van der Waals surface area contributed by atoms with E-state index in [4.69, 9.17) is 16.3 Å². The van der Waals surface area contributed by atoms with E-state index in [2.05, 4.69) is 0 Å². The molecular weight excluding hydrogens is 320 g/mol. The molecule has 0 saturated heterocycles. The van der Waals surface area contributed by atoms with Gasteiger partial charge in [0.05, 0.1) is 0 Å². The number of halogens is 1. The molecule has 0 saturated carbocycles. The van der Waals surface area contributed by atoms with Crippen molar-refractivity contribution in [2.45, 2.75) is 13.0 Å². The van der Waals surface area contributed by atoms with Crippen LogP contribution in [0.5, 0.6) is 5.75 Å². The van der Waals surface area contributed by atoms with Gasteiger partial charge in [-0.25, -0.2) is 0 Å². The van der Waals surface area contributed by atoms with E-state index >= 15 is 0 Å². The van der Waals surface area contributed by atoms with Crippen LogP contribution in [0.2, 0.25) is 5.02 Å². The first kappa shape index (κ1) is 16.3. The molecular formula is C21H17ClO2. The molecule has 0 spiro atoms. The van der Waals surface area contributed by atoms with Crippen LogP contribution in [0, 0.1) is 6.92 Å². The molecule has 1 unspecified atom stereocenters.